The van der Waals surface area contributed by atoms with Gasteiger partial charge in [0, 0.05) is 11.8 Å². The monoisotopic (exact) mass is 332 g/mol. The fourth-order valence-corrected chi connectivity index (χ4v) is 5.02. The highest BCUT2D eigenvalue weighted by atomic mass is 16.4. The largest absolute Gasteiger partial charge is 0.548 e. The van der Waals surface area contributed by atoms with Gasteiger partial charge in [-0.25, -0.2) is 0 Å². The summed E-state index contributed by atoms with van der Waals surface area (Å²) in [4.78, 5) is 37.7. The predicted octanol–water partition coefficient (Wildman–Crippen LogP) is 0.628. The minimum Gasteiger partial charge on any atom is -0.548 e. The van der Waals surface area contributed by atoms with E-state index in [1.165, 1.54) is 0 Å². The minimum atomic E-state index is -1.41. The second-order valence-electron chi connectivity index (χ2n) is 6.90. The van der Waals surface area contributed by atoms with E-state index in [2.05, 4.69) is 0 Å². The molecule has 0 aromatic heterocycles. The summed E-state index contributed by atoms with van der Waals surface area (Å²) in [6.45, 7) is -0.670. The van der Waals surface area contributed by atoms with Gasteiger partial charge in [0.1, 0.15) is 0 Å². The Labute approximate surface area is 143 Å². The first-order chi connectivity index (χ1) is 12.1. The van der Waals surface area contributed by atoms with Gasteiger partial charge in [0.25, 0.3) is 0 Å². The molecule has 2 aromatic carbocycles. The standard InChI is InChI=1S/C20H15NO4/c22-14(23)9-21-19(24)17-15-10-5-1-2-6-11(10)16(18(17)20(21)25)13-8-4-3-7-12(13)15/h1-8,15-18H,9H2,(H,22,23)/p-1/t15?,16?,17-,18+. The van der Waals surface area contributed by atoms with Gasteiger partial charge in [-0.2, -0.15) is 0 Å². The quantitative estimate of drug-likeness (QED) is 0.756. The SMILES string of the molecule is O=C([O-])CN1C(=O)[C@@H]2C3c4ccccc4C(c4ccccc43)[C@@H]2C1=O. The normalized spacial score (nSPS) is 28.6. The van der Waals surface area contributed by atoms with E-state index >= 15 is 0 Å². The van der Waals surface area contributed by atoms with Gasteiger partial charge in [-0.1, -0.05) is 48.5 Å². The third kappa shape index (κ3) is 1.70. The Morgan fingerprint density at radius 1 is 0.800 bits per heavy atom. The maximum atomic E-state index is 12.9. The number of carboxylic acid groups (broad SMARTS) is 1. The number of hydrogen-bond donors (Lipinski definition) is 0. The molecule has 5 nitrogen and oxygen atoms in total. The Hall–Kier alpha value is -2.95. The number of carboxylic acids is 1. The number of nitrogens with zero attached hydrogens (tertiary/aromatic N) is 1. The topological polar surface area (TPSA) is 77.5 Å². The number of amides is 2. The predicted molar refractivity (Wildman–Crippen MR) is 85.3 cm³/mol. The summed E-state index contributed by atoms with van der Waals surface area (Å²) in [6.07, 6.45) is 0. The van der Waals surface area contributed by atoms with Gasteiger partial charge >= 0.3 is 0 Å². The molecule has 0 saturated carbocycles. The Balaban J connectivity index is 1.74. The Morgan fingerprint density at radius 3 is 1.48 bits per heavy atom. The average molecular weight is 332 g/mol. The summed E-state index contributed by atoms with van der Waals surface area (Å²) in [5.41, 5.74) is 4.29. The van der Waals surface area contributed by atoms with E-state index in [1.807, 2.05) is 48.5 Å². The summed E-state index contributed by atoms with van der Waals surface area (Å²) < 4.78 is 0. The van der Waals surface area contributed by atoms with Gasteiger partial charge in [-0.3, -0.25) is 14.5 Å². The van der Waals surface area contributed by atoms with Crippen LogP contribution in [0.15, 0.2) is 48.5 Å². The van der Waals surface area contributed by atoms with Crippen LogP contribution in [0, 0.1) is 11.8 Å². The molecule has 1 fully saturated rings. The van der Waals surface area contributed by atoms with Crippen molar-refractivity contribution in [1.29, 1.82) is 0 Å². The zero-order valence-corrected chi connectivity index (χ0v) is 13.2. The molecular weight excluding hydrogens is 318 g/mol. The maximum Gasteiger partial charge on any atom is 0.234 e. The van der Waals surface area contributed by atoms with Crippen molar-refractivity contribution in [2.45, 2.75) is 11.8 Å². The molecule has 0 unspecified atom stereocenters. The van der Waals surface area contributed by atoms with Gasteiger partial charge in [-0.15, -0.1) is 0 Å². The van der Waals surface area contributed by atoms with Crippen molar-refractivity contribution in [2.75, 3.05) is 6.54 Å². The molecule has 2 amide bonds. The number of imide groups is 1. The molecule has 0 N–H and O–H groups in total. The van der Waals surface area contributed by atoms with Crippen LogP contribution in [0.3, 0.4) is 0 Å². The molecule has 2 atom stereocenters. The molecule has 4 aliphatic rings. The lowest BCUT2D eigenvalue weighted by molar-refractivity contribution is -0.305. The van der Waals surface area contributed by atoms with Crippen LogP contribution in [-0.4, -0.2) is 29.2 Å². The Kier molecular flexibility index (Phi) is 2.76. The molecule has 5 heteroatoms. The second kappa shape index (κ2) is 4.79. The van der Waals surface area contributed by atoms with Crippen molar-refractivity contribution in [2.24, 2.45) is 11.8 Å². The van der Waals surface area contributed by atoms with Crippen LogP contribution in [-0.2, 0) is 14.4 Å². The number of rotatable bonds is 2. The fourth-order valence-electron chi connectivity index (χ4n) is 5.02. The third-order valence-corrected chi connectivity index (χ3v) is 5.83. The van der Waals surface area contributed by atoms with Gasteiger partial charge in [0.2, 0.25) is 11.8 Å². The fraction of sp³-hybridized carbons (Fsp3) is 0.250. The molecule has 0 radical (unpaired) electrons. The summed E-state index contributed by atoms with van der Waals surface area (Å²) in [7, 11) is 0. The number of carbonyl (C=O) groups is 3. The van der Waals surface area contributed by atoms with Gasteiger partial charge in [0.15, 0.2) is 0 Å². The van der Waals surface area contributed by atoms with Crippen molar-refractivity contribution < 1.29 is 19.5 Å². The highest BCUT2D eigenvalue weighted by Crippen LogP contribution is 2.60. The lowest BCUT2D eigenvalue weighted by Gasteiger charge is -2.45. The van der Waals surface area contributed by atoms with E-state index in [4.69, 9.17) is 0 Å². The van der Waals surface area contributed by atoms with Crippen LogP contribution in [0.25, 0.3) is 0 Å². The summed E-state index contributed by atoms with van der Waals surface area (Å²) in [5.74, 6) is -3.65. The van der Waals surface area contributed by atoms with E-state index in [-0.39, 0.29) is 11.8 Å². The van der Waals surface area contributed by atoms with Crippen LogP contribution >= 0.6 is 0 Å². The highest BCUT2D eigenvalue weighted by molar-refractivity contribution is 6.09. The number of hydrogen-bond acceptors (Lipinski definition) is 4. The number of carbonyl (C=O) groups excluding carboxylic acids is 3. The first kappa shape index (κ1) is 14.4. The molecule has 1 heterocycles. The van der Waals surface area contributed by atoms with Crippen molar-refractivity contribution in [3.63, 3.8) is 0 Å². The van der Waals surface area contributed by atoms with E-state index in [0.29, 0.717) is 0 Å². The Morgan fingerprint density at radius 2 is 1.16 bits per heavy atom. The molecule has 6 rings (SSSR count). The van der Waals surface area contributed by atoms with Crippen molar-refractivity contribution in [3.05, 3.63) is 70.8 Å². The third-order valence-electron chi connectivity index (χ3n) is 5.83. The number of likely N-dealkylation sites (tertiary alicyclic amines) is 1. The zero-order chi connectivity index (χ0) is 17.3. The second-order valence-corrected chi connectivity index (χ2v) is 6.90. The summed E-state index contributed by atoms with van der Waals surface area (Å²) in [6, 6.07) is 15.8. The molecule has 3 aliphatic carbocycles. The van der Waals surface area contributed by atoms with Crippen molar-refractivity contribution in [3.8, 4) is 0 Å². The van der Waals surface area contributed by atoms with Crippen LogP contribution in [0.4, 0.5) is 0 Å². The maximum absolute atomic E-state index is 12.9. The van der Waals surface area contributed by atoms with Gasteiger partial charge < -0.3 is 9.90 Å². The first-order valence-electron chi connectivity index (χ1n) is 8.32. The summed E-state index contributed by atoms with van der Waals surface area (Å²) in [5, 5.41) is 11.0. The molecule has 2 aromatic rings. The van der Waals surface area contributed by atoms with E-state index in [9.17, 15) is 19.5 Å². The van der Waals surface area contributed by atoms with Crippen LogP contribution in [0.2, 0.25) is 0 Å². The lowest BCUT2D eigenvalue weighted by Crippen LogP contribution is -2.42. The Bertz CT molecular complexity index is 835. The van der Waals surface area contributed by atoms with Crippen molar-refractivity contribution >= 4 is 17.8 Å². The zero-order valence-electron chi connectivity index (χ0n) is 13.2. The van der Waals surface area contributed by atoms with E-state index in [0.717, 1.165) is 27.2 Å². The molecular formula is C20H14NO4-. The van der Waals surface area contributed by atoms with E-state index in [1.54, 1.807) is 0 Å². The number of benzene rings is 2. The molecule has 1 aliphatic heterocycles. The smallest absolute Gasteiger partial charge is 0.234 e. The molecule has 25 heavy (non-hydrogen) atoms. The van der Waals surface area contributed by atoms with E-state index < -0.39 is 36.2 Å². The minimum absolute atomic E-state index is 0.203. The molecule has 2 bridgehead atoms. The van der Waals surface area contributed by atoms with Crippen molar-refractivity contribution in [1.82, 2.24) is 4.90 Å². The van der Waals surface area contributed by atoms with Gasteiger partial charge in [-0.05, 0) is 22.3 Å². The lowest BCUT2D eigenvalue weighted by atomic mass is 9.55. The van der Waals surface area contributed by atoms with Crippen LogP contribution in [0.1, 0.15) is 34.1 Å². The number of aliphatic carboxylic acids is 1. The molecule has 124 valence electrons. The first-order valence-corrected chi connectivity index (χ1v) is 8.32. The highest BCUT2D eigenvalue weighted by Gasteiger charge is 2.61. The van der Waals surface area contributed by atoms with Crippen LogP contribution < -0.4 is 5.11 Å². The molecule has 1 saturated heterocycles. The average Bonchev–Trinajstić information content (AvgIpc) is 2.87. The molecule has 0 spiro atoms. The van der Waals surface area contributed by atoms with Crippen LogP contribution in [0.5, 0.6) is 0 Å². The van der Waals surface area contributed by atoms with Gasteiger partial charge in [0.05, 0.1) is 24.3 Å². The summed E-state index contributed by atoms with van der Waals surface area (Å²) >= 11 is 0.